The topological polar surface area (TPSA) is 67.7 Å². The Morgan fingerprint density at radius 3 is 2.76 bits per heavy atom. The number of nitrogens with zero attached hydrogens (tertiary/aromatic N) is 3. The van der Waals surface area contributed by atoms with Gasteiger partial charge in [-0.25, -0.2) is 9.37 Å². The van der Waals surface area contributed by atoms with Gasteiger partial charge in [0.1, 0.15) is 16.9 Å². The van der Waals surface area contributed by atoms with Crippen LogP contribution in [0, 0.1) is 17.7 Å². The van der Waals surface area contributed by atoms with Crippen LogP contribution >= 0.6 is 0 Å². The summed E-state index contributed by atoms with van der Waals surface area (Å²) in [5.74, 6) is 0.654. The zero-order valence-corrected chi connectivity index (χ0v) is 18.3. The Morgan fingerprint density at radius 2 is 2.00 bits per heavy atom. The van der Waals surface area contributed by atoms with E-state index < -0.39 is 11.9 Å². The van der Waals surface area contributed by atoms with Crippen molar-refractivity contribution in [3.05, 3.63) is 53.2 Å². The van der Waals surface area contributed by atoms with Crippen molar-refractivity contribution in [2.45, 2.75) is 31.0 Å². The van der Waals surface area contributed by atoms with E-state index in [-0.39, 0.29) is 34.6 Å². The summed E-state index contributed by atoms with van der Waals surface area (Å²) in [5, 5.41) is 0.236. The maximum Gasteiger partial charge on any atom is 0.431 e. The van der Waals surface area contributed by atoms with E-state index in [1.807, 2.05) is 6.07 Å². The number of hydrogen-bond donors (Lipinski definition) is 1. The van der Waals surface area contributed by atoms with Crippen LogP contribution in [-0.2, 0) is 17.3 Å². The number of ether oxygens (including phenoxy) is 1. The maximum absolute atomic E-state index is 15.1. The number of hydrogen-bond acceptors (Lipinski definition) is 4. The summed E-state index contributed by atoms with van der Waals surface area (Å²) in [7, 11) is 0. The molecule has 2 saturated heterocycles. The largest absolute Gasteiger partial charge is 0.431 e. The molecular formula is C24H24F4N5O+. The minimum absolute atomic E-state index is 0.0630. The van der Waals surface area contributed by atoms with E-state index in [9.17, 15) is 13.2 Å². The molecule has 2 aromatic heterocycles. The Bertz CT molecular complexity index is 1240. The molecule has 2 N–H and O–H groups in total. The van der Waals surface area contributed by atoms with Crippen LogP contribution in [0.1, 0.15) is 29.2 Å². The van der Waals surface area contributed by atoms with E-state index in [2.05, 4.69) is 24.8 Å². The predicted octanol–water partition coefficient (Wildman–Crippen LogP) is 3.91. The standard InChI is InChI=1S/C24H23F4N5O/c25-18-3-1-2-13-4-5-19(33-8-14-10-34-11-15(14)9-33)17(21(13)18)7-29-22-16-6-20(24(26,27)28)32-23(16)31-12-30-22/h1-3,6-7,12,14-15,17,19H,4-5,8-11H2,(H,30,31,32)/p+1/b29-7-/t14-,15+,17?,19?. The second-order valence-electron chi connectivity index (χ2n) is 9.43. The van der Waals surface area contributed by atoms with E-state index in [0.717, 1.165) is 50.8 Å². The van der Waals surface area contributed by atoms with E-state index >= 15 is 4.39 Å². The first-order valence-electron chi connectivity index (χ1n) is 11.5. The number of likely N-dealkylation sites (tertiary alicyclic amines) is 1. The molecule has 10 heteroatoms. The van der Waals surface area contributed by atoms with Gasteiger partial charge in [-0.05, 0) is 30.5 Å². The SMILES string of the molecule is Fc1cccc2c1C(/C=N\c1[nH+]cnc3[nH]c(C(F)(F)F)cc13)C(N1C[C@H]3COC[C@H]3C1)CC2. The number of aliphatic imine (C=N–C) groups is 1. The number of rotatable bonds is 3. The van der Waals surface area contributed by atoms with Gasteiger partial charge in [0.25, 0.3) is 5.82 Å². The molecule has 3 aliphatic rings. The van der Waals surface area contributed by atoms with Gasteiger partial charge in [-0.15, -0.1) is 4.99 Å². The van der Waals surface area contributed by atoms with Crippen LogP contribution in [-0.4, -0.2) is 53.4 Å². The molecule has 6 rings (SSSR count). The highest BCUT2D eigenvalue weighted by atomic mass is 19.4. The number of alkyl halides is 3. The summed E-state index contributed by atoms with van der Waals surface area (Å²) in [6, 6.07) is 6.19. The van der Waals surface area contributed by atoms with E-state index in [4.69, 9.17) is 4.74 Å². The zero-order valence-electron chi connectivity index (χ0n) is 18.3. The van der Waals surface area contributed by atoms with Gasteiger partial charge in [0, 0.05) is 36.5 Å². The lowest BCUT2D eigenvalue weighted by Gasteiger charge is -2.37. The lowest BCUT2D eigenvalue weighted by molar-refractivity contribution is -0.365. The van der Waals surface area contributed by atoms with Crippen molar-refractivity contribution >= 4 is 23.1 Å². The second kappa shape index (κ2) is 8.13. The van der Waals surface area contributed by atoms with Crippen LogP contribution in [0.4, 0.5) is 23.4 Å². The quantitative estimate of drug-likeness (QED) is 0.462. The highest BCUT2D eigenvalue weighted by molar-refractivity contribution is 5.87. The lowest BCUT2D eigenvalue weighted by Crippen LogP contribution is -2.42. The molecule has 0 radical (unpaired) electrons. The molecule has 1 aliphatic carbocycles. The number of aromatic amines is 2. The van der Waals surface area contributed by atoms with Gasteiger partial charge in [0.05, 0.1) is 25.3 Å². The molecule has 2 aliphatic heterocycles. The number of fused-ring (bicyclic) bond motifs is 3. The molecule has 34 heavy (non-hydrogen) atoms. The summed E-state index contributed by atoms with van der Waals surface area (Å²) in [4.78, 5) is 16.1. The van der Waals surface area contributed by atoms with Crippen LogP contribution < -0.4 is 4.98 Å². The van der Waals surface area contributed by atoms with Crippen molar-refractivity contribution in [2.24, 2.45) is 16.8 Å². The number of halogens is 4. The Labute approximate surface area is 193 Å². The summed E-state index contributed by atoms with van der Waals surface area (Å²) in [6.45, 7) is 3.33. The smallest absolute Gasteiger partial charge is 0.381 e. The minimum Gasteiger partial charge on any atom is -0.381 e. The molecule has 4 atom stereocenters. The van der Waals surface area contributed by atoms with Gasteiger partial charge in [-0.3, -0.25) is 4.90 Å². The molecule has 2 fully saturated rings. The molecule has 0 amide bonds. The highest BCUT2D eigenvalue weighted by Gasteiger charge is 2.44. The second-order valence-corrected chi connectivity index (χ2v) is 9.43. The molecule has 2 unspecified atom stereocenters. The first-order chi connectivity index (χ1) is 16.4. The first kappa shape index (κ1) is 21.7. The molecule has 6 nitrogen and oxygen atoms in total. The number of nitrogens with one attached hydrogen (secondary N) is 2. The molecule has 1 aromatic carbocycles. The molecule has 0 bridgehead atoms. The summed E-state index contributed by atoms with van der Waals surface area (Å²) >= 11 is 0. The number of aryl methyl sites for hydroxylation is 1. The van der Waals surface area contributed by atoms with E-state index in [1.165, 1.54) is 12.4 Å². The monoisotopic (exact) mass is 474 g/mol. The third-order valence-electron chi connectivity index (χ3n) is 7.45. The Balaban J connectivity index is 1.38. The average molecular weight is 474 g/mol. The predicted molar refractivity (Wildman–Crippen MR) is 116 cm³/mol. The number of aromatic nitrogens is 3. The Kier molecular flexibility index (Phi) is 5.18. The van der Waals surface area contributed by atoms with Crippen molar-refractivity contribution < 1.29 is 27.3 Å². The maximum atomic E-state index is 15.1. The van der Waals surface area contributed by atoms with Gasteiger partial charge in [-0.2, -0.15) is 13.2 Å². The average Bonchev–Trinajstić information content (AvgIpc) is 3.52. The Hall–Kier alpha value is -2.85. The fourth-order valence-corrected chi connectivity index (χ4v) is 5.80. The number of H-pyrrole nitrogens is 2. The fourth-order valence-electron chi connectivity index (χ4n) is 5.80. The summed E-state index contributed by atoms with van der Waals surface area (Å²) in [6.07, 6.45) is 0.131. The van der Waals surface area contributed by atoms with Crippen molar-refractivity contribution in [3.8, 4) is 0 Å². The minimum atomic E-state index is -4.52. The molecule has 178 valence electrons. The Morgan fingerprint density at radius 1 is 1.21 bits per heavy atom. The van der Waals surface area contributed by atoms with Crippen molar-refractivity contribution in [3.63, 3.8) is 0 Å². The van der Waals surface area contributed by atoms with Gasteiger partial charge >= 0.3 is 6.18 Å². The van der Waals surface area contributed by atoms with Crippen LogP contribution in [0.25, 0.3) is 11.0 Å². The third-order valence-corrected chi connectivity index (χ3v) is 7.45. The fraction of sp³-hybridized carbons (Fsp3) is 0.458. The van der Waals surface area contributed by atoms with Gasteiger partial charge in [0.2, 0.25) is 12.0 Å². The van der Waals surface area contributed by atoms with Gasteiger partial charge in [-0.1, -0.05) is 17.1 Å². The van der Waals surface area contributed by atoms with Crippen molar-refractivity contribution in [1.82, 2.24) is 14.9 Å². The van der Waals surface area contributed by atoms with Crippen LogP contribution in [0.3, 0.4) is 0 Å². The molecular weight excluding hydrogens is 450 g/mol. The van der Waals surface area contributed by atoms with Crippen LogP contribution in [0.5, 0.6) is 0 Å². The highest BCUT2D eigenvalue weighted by Crippen LogP contribution is 2.40. The first-order valence-corrected chi connectivity index (χ1v) is 11.5. The van der Waals surface area contributed by atoms with Crippen LogP contribution in [0.2, 0.25) is 0 Å². The molecule has 0 saturated carbocycles. The van der Waals surface area contributed by atoms with Gasteiger partial charge in [0.15, 0.2) is 0 Å². The van der Waals surface area contributed by atoms with Crippen molar-refractivity contribution in [1.29, 1.82) is 0 Å². The van der Waals surface area contributed by atoms with E-state index in [0.29, 0.717) is 17.4 Å². The lowest BCUT2D eigenvalue weighted by atomic mass is 9.78. The molecule has 4 heterocycles. The molecule has 0 spiro atoms. The van der Waals surface area contributed by atoms with Crippen molar-refractivity contribution in [2.75, 3.05) is 26.3 Å². The third kappa shape index (κ3) is 3.69. The number of benzene rings is 1. The zero-order chi connectivity index (χ0) is 23.4. The van der Waals surface area contributed by atoms with Crippen LogP contribution in [0.15, 0.2) is 35.6 Å². The summed E-state index contributed by atoms with van der Waals surface area (Å²) in [5.41, 5.74) is 0.799. The van der Waals surface area contributed by atoms with E-state index in [1.54, 1.807) is 12.3 Å². The summed E-state index contributed by atoms with van der Waals surface area (Å²) < 4.78 is 60.3. The molecule has 3 aromatic rings. The normalized spacial score (nSPS) is 27.5. The van der Waals surface area contributed by atoms with Gasteiger partial charge < -0.3 is 9.72 Å².